The number of aliphatic imine (C=N–C) groups is 1. The minimum absolute atomic E-state index is 0.388. The molecule has 0 spiro atoms. The van der Waals surface area contributed by atoms with Crippen LogP contribution in [0.4, 0.5) is 5.69 Å². The van der Waals surface area contributed by atoms with Crippen molar-refractivity contribution in [3.63, 3.8) is 0 Å². The number of hydrogen-bond acceptors (Lipinski definition) is 5. The standard InChI is InChI=1S/C21H22ClN3S2/c1-13(2)19-11-14(3)18(12-26-21-23-10-9-15(4)24-21)20(27-19)25-17-7-5-16(22)6-8-17/h5-10,12,14H,11H2,1-4H3/b18-12+,25-20?. The number of rotatable bonds is 3. The van der Waals surface area contributed by atoms with Gasteiger partial charge in [-0.3, -0.25) is 0 Å². The topological polar surface area (TPSA) is 38.1 Å². The van der Waals surface area contributed by atoms with E-state index < -0.39 is 0 Å². The minimum Gasteiger partial charge on any atom is -0.241 e. The smallest absolute Gasteiger partial charge is 0.192 e. The molecular formula is C21H22ClN3S2. The van der Waals surface area contributed by atoms with E-state index in [1.807, 2.05) is 37.3 Å². The Hall–Kier alpha value is -1.56. The van der Waals surface area contributed by atoms with E-state index in [9.17, 15) is 0 Å². The van der Waals surface area contributed by atoms with Crippen molar-refractivity contribution >= 4 is 45.9 Å². The molecule has 0 bridgehead atoms. The molecule has 0 N–H and O–H groups in total. The summed E-state index contributed by atoms with van der Waals surface area (Å²) in [7, 11) is 0. The van der Waals surface area contributed by atoms with Gasteiger partial charge in [-0.2, -0.15) is 0 Å². The number of halogens is 1. The fourth-order valence-electron chi connectivity index (χ4n) is 2.61. The molecule has 1 atom stereocenters. The van der Waals surface area contributed by atoms with E-state index in [2.05, 4.69) is 36.1 Å². The third kappa shape index (κ3) is 5.47. The number of benzene rings is 1. The van der Waals surface area contributed by atoms with Crippen molar-refractivity contribution in [2.45, 2.75) is 39.3 Å². The molecule has 1 unspecified atom stereocenters. The third-order valence-corrected chi connectivity index (χ3v) is 6.54. The number of allylic oxidation sites excluding steroid dienone is 2. The first-order valence-electron chi connectivity index (χ1n) is 8.77. The summed E-state index contributed by atoms with van der Waals surface area (Å²) in [6, 6.07) is 9.55. The van der Waals surface area contributed by atoms with Gasteiger partial charge in [0, 0.05) is 16.9 Å². The maximum absolute atomic E-state index is 6.01. The van der Waals surface area contributed by atoms with Crippen LogP contribution in [0.25, 0.3) is 0 Å². The molecule has 1 fully saturated rings. The first kappa shape index (κ1) is 20.2. The molecule has 0 amide bonds. The number of aryl methyl sites for hydroxylation is 1. The van der Waals surface area contributed by atoms with Gasteiger partial charge in [-0.15, -0.1) is 0 Å². The molecule has 3 rings (SSSR count). The van der Waals surface area contributed by atoms with E-state index in [0.717, 1.165) is 33.0 Å². The highest BCUT2D eigenvalue weighted by Gasteiger charge is 2.25. The van der Waals surface area contributed by atoms with E-state index in [0.29, 0.717) is 5.92 Å². The predicted octanol–water partition coefficient (Wildman–Crippen LogP) is 7.21. The molecule has 1 aromatic heterocycles. The zero-order valence-corrected chi connectivity index (χ0v) is 18.3. The molecule has 0 radical (unpaired) electrons. The van der Waals surface area contributed by atoms with Gasteiger partial charge < -0.3 is 0 Å². The van der Waals surface area contributed by atoms with Crippen molar-refractivity contribution in [1.82, 2.24) is 9.97 Å². The molecule has 6 heteroatoms. The fourth-order valence-corrected chi connectivity index (χ4v) is 5.00. The van der Waals surface area contributed by atoms with Crippen LogP contribution in [0.1, 0.15) is 32.9 Å². The van der Waals surface area contributed by atoms with Crippen molar-refractivity contribution in [3.8, 4) is 0 Å². The molecule has 2 heterocycles. The fraction of sp³-hybridized carbons (Fsp3) is 0.286. The van der Waals surface area contributed by atoms with Gasteiger partial charge >= 0.3 is 0 Å². The molecule has 0 saturated carbocycles. The van der Waals surface area contributed by atoms with Gasteiger partial charge in [-0.25, -0.2) is 15.0 Å². The van der Waals surface area contributed by atoms with Crippen molar-refractivity contribution in [2.24, 2.45) is 10.9 Å². The Morgan fingerprint density at radius 3 is 2.67 bits per heavy atom. The summed E-state index contributed by atoms with van der Waals surface area (Å²) in [5.41, 5.74) is 4.46. The maximum Gasteiger partial charge on any atom is 0.192 e. The number of aromatic nitrogens is 2. The van der Waals surface area contributed by atoms with Crippen molar-refractivity contribution in [1.29, 1.82) is 0 Å². The van der Waals surface area contributed by atoms with Crippen LogP contribution in [0.15, 0.2) is 68.1 Å². The Bertz CT molecular complexity index is 913. The van der Waals surface area contributed by atoms with Crippen molar-refractivity contribution in [2.75, 3.05) is 0 Å². The van der Waals surface area contributed by atoms with E-state index in [4.69, 9.17) is 16.6 Å². The second kappa shape index (κ2) is 9.09. The molecule has 1 aromatic carbocycles. The van der Waals surface area contributed by atoms with Crippen LogP contribution < -0.4 is 0 Å². The Morgan fingerprint density at radius 1 is 1.26 bits per heavy atom. The van der Waals surface area contributed by atoms with E-state index in [1.165, 1.54) is 16.1 Å². The first-order chi connectivity index (χ1) is 12.9. The van der Waals surface area contributed by atoms with Gasteiger partial charge in [0.2, 0.25) is 0 Å². The zero-order valence-electron chi connectivity index (χ0n) is 15.9. The summed E-state index contributed by atoms with van der Waals surface area (Å²) in [5, 5.41) is 4.67. The van der Waals surface area contributed by atoms with E-state index in [1.54, 1.807) is 29.7 Å². The summed E-state index contributed by atoms with van der Waals surface area (Å²) in [4.78, 5) is 15.1. The molecule has 3 nitrogen and oxygen atoms in total. The second-order valence-electron chi connectivity index (χ2n) is 6.70. The molecule has 1 aliphatic heterocycles. The summed E-state index contributed by atoms with van der Waals surface area (Å²) in [5.74, 6) is 0.388. The summed E-state index contributed by atoms with van der Waals surface area (Å²) in [6.07, 6.45) is 2.83. The quantitative estimate of drug-likeness (QED) is 0.392. The predicted molar refractivity (Wildman–Crippen MR) is 119 cm³/mol. The van der Waals surface area contributed by atoms with Crippen molar-refractivity contribution in [3.05, 3.63) is 68.7 Å². The van der Waals surface area contributed by atoms with Crippen LogP contribution in [0.5, 0.6) is 0 Å². The third-order valence-electron chi connectivity index (χ3n) is 4.17. The molecule has 27 heavy (non-hydrogen) atoms. The lowest BCUT2D eigenvalue weighted by Gasteiger charge is -2.26. The molecule has 0 aliphatic carbocycles. The normalized spacial score (nSPS) is 20.3. The Labute approximate surface area is 174 Å². The van der Waals surface area contributed by atoms with Crippen LogP contribution in [0.3, 0.4) is 0 Å². The van der Waals surface area contributed by atoms with Gasteiger partial charge in [-0.05, 0) is 79.3 Å². The summed E-state index contributed by atoms with van der Waals surface area (Å²) in [6.45, 7) is 8.56. The number of thioether (sulfide) groups is 2. The number of nitrogens with zero attached hydrogens (tertiary/aromatic N) is 3. The maximum atomic E-state index is 6.01. The lowest BCUT2D eigenvalue weighted by molar-refractivity contribution is 0.710. The lowest BCUT2D eigenvalue weighted by Crippen LogP contribution is -2.15. The van der Waals surface area contributed by atoms with Gasteiger partial charge in [0.15, 0.2) is 5.16 Å². The molecule has 2 aromatic rings. The second-order valence-corrected chi connectivity index (χ2v) is 9.05. The van der Waals surface area contributed by atoms with Gasteiger partial charge in [0.05, 0.1) is 5.69 Å². The monoisotopic (exact) mass is 415 g/mol. The highest BCUT2D eigenvalue weighted by atomic mass is 35.5. The average molecular weight is 416 g/mol. The van der Waals surface area contributed by atoms with Crippen LogP contribution in [-0.4, -0.2) is 15.0 Å². The highest BCUT2D eigenvalue weighted by molar-refractivity contribution is 8.17. The van der Waals surface area contributed by atoms with E-state index >= 15 is 0 Å². The lowest BCUT2D eigenvalue weighted by atomic mass is 9.97. The summed E-state index contributed by atoms with van der Waals surface area (Å²) < 4.78 is 0. The van der Waals surface area contributed by atoms with Gasteiger partial charge in [0.25, 0.3) is 0 Å². The SMILES string of the molecule is CC(C)=C1CC(C)/C(=C\Sc2nccc(C)n2)C(=Nc2ccc(Cl)cc2)S1. The minimum atomic E-state index is 0.388. The molecule has 140 valence electrons. The van der Waals surface area contributed by atoms with Gasteiger partial charge in [0.1, 0.15) is 5.04 Å². The summed E-state index contributed by atoms with van der Waals surface area (Å²) >= 11 is 9.33. The van der Waals surface area contributed by atoms with Crippen LogP contribution in [-0.2, 0) is 0 Å². The average Bonchev–Trinajstić information content (AvgIpc) is 2.62. The Balaban J connectivity index is 1.96. The zero-order chi connectivity index (χ0) is 19.4. The molecule has 1 aliphatic rings. The highest BCUT2D eigenvalue weighted by Crippen LogP contribution is 2.42. The van der Waals surface area contributed by atoms with Crippen LogP contribution in [0, 0.1) is 12.8 Å². The van der Waals surface area contributed by atoms with Crippen LogP contribution in [0.2, 0.25) is 5.02 Å². The first-order valence-corrected chi connectivity index (χ1v) is 10.8. The van der Waals surface area contributed by atoms with E-state index in [-0.39, 0.29) is 0 Å². The Morgan fingerprint density at radius 2 is 2.00 bits per heavy atom. The largest absolute Gasteiger partial charge is 0.241 e. The van der Waals surface area contributed by atoms with Gasteiger partial charge in [-0.1, -0.05) is 47.6 Å². The van der Waals surface area contributed by atoms with Crippen molar-refractivity contribution < 1.29 is 0 Å². The van der Waals surface area contributed by atoms with Crippen LogP contribution >= 0.6 is 35.1 Å². The number of hydrogen-bond donors (Lipinski definition) is 0. The molecule has 1 saturated heterocycles. The molecular weight excluding hydrogens is 394 g/mol. The Kier molecular flexibility index (Phi) is 6.79.